The van der Waals surface area contributed by atoms with Crippen molar-refractivity contribution < 1.29 is 14.3 Å². The Balaban J connectivity index is 1.21. The van der Waals surface area contributed by atoms with Gasteiger partial charge in [-0.3, -0.25) is 9.59 Å². The molecule has 0 radical (unpaired) electrons. The van der Waals surface area contributed by atoms with Gasteiger partial charge in [-0.15, -0.1) is 0 Å². The monoisotopic (exact) mass is 397 g/mol. The Labute approximate surface area is 172 Å². The molecule has 156 valence electrons. The van der Waals surface area contributed by atoms with Crippen LogP contribution in [0.2, 0.25) is 0 Å². The van der Waals surface area contributed by atoms with E-state index in [-0.39, 0.29) is 29.6 Å². The third-order valence-electron chi connectivity index (χ3n) is 7.48. The van der Waals surface area contributed by atoms with Gasteiger partial charge in [-0.25, -0.2) is 0 Å². The van der Waals surface area contributed by atoms with Gasteiger partial charge in [-0.2, -0.15) is 0 Å². The number of para-hydroxylation sites is 1. The van der Waals surface area contributed by atoms with Crippen molar-refractivity contribution in [1.82, 2.24) is 15.5 Å². The molecule has 1 saturated heterocycles. The zero-order valence-electron chi connectivity index (χ0n) is 17.0. The number of amides is 2. The van der Waals surface area contributed by atoms with Crippen LogP contribution < -0.4 is 15.4 Å². The lowest BCUT2D eigenvalue weighted by Crippen LogP contribution is -2.67. The van der Waals surface area contributed by atoms with Crippen molar-refractivity contribution in [2.24, 2.45) is 17.8 Å². The highest BCUT2D eigenvalue weighted by Gasteiger charge is 2.57. The molecule has 2 heterocycles. The van der Waals surface area contributed by atoms with E-state index in [4.69, 9.17) is 4.74 Å². The Morgan fingerprint density at radius 3 is 2.83 bits per heavy atom. The second-order valence-corrected chi connectivity index (χ2v) is 9.22. The molecule has 1 aromatic carbocycles. The minimum atomic E-state index is -0.640. The van der Waals surface area contributed by atoms with Crippen molar-refractivity contribution in [2.45, 2.75) is 50.7 Å². The van der Waals surface area contributed by atoms with E-state index >= 15 is 0 Å². The summed E-state index contributed by atoms with van der Waals surface area (Å²) in [5, 5.41) is 6.36. The summed E-state index contributed by atoms with van der Waals surface area (Å²) >= 11 is 0. The topological polar surface area (TPSA) is 70.7 Å². The fourth-order valence-corrected chi connectivity index (χ4v) is 5.93. The summed E-state index contributed by atoms with van der Waals surface area (Å²) in [6, 6.07) is 7.45. The van der Waals surface area contributed by atoms with E-state index in [9.17, 15) is 9.59 Å². The zero-order chi connectivity index (χ0) is 19.8. The maximum Gasteiger partial charge on any atom is 0.258 e. The Morgan fingerprint density at radius 1 is 1.21 bits per heavy atom. The molecule has 4 atom stereocenters. The lowest BCUT2D eigenvalue weighted by molar-refractivity contribution is -0.146. The van der Waals surface area contributed by atoms with Gasteiger partial charge in [0.1, 0.15) is 5.75 Å². The summed E-state index contributed by atoms with van der Waals surface area (Å²) in [6.07, 6.45) is 7.44. The highest BCUT2D eigenvalue weighted by atomic mass is 16.5. The second-order valence-electron chi connectivity index (χ2n) is 9.22. The number of benzene rings is 1. The van der Waals surface area contributed by atoms with Gasteiger partial charge >= 0.3 is 0 Å². The largest absolute Gasteiger partial charge is 0.467 e. The molecule has 4 fully saturated rings. The van der Waals surface area contributed by atoms with Gasteiger partial charge in [0.2, 0.25) is 5.91 Å². The van der Waals surface area contributed by atoms with Gasteiger partial charge in [0.25, 0.3) is 5.91 Å². The first-order valence-electron chi connectivity index (χ1n) is 11.3. The number of hydrogen-bond acceptors (Lipinski definition) is 4. The van der Waals surface area contributed by atoms with Gasteiger partial charge < -0.3 is 20.3 Å². The molecule has 2 amide bonds. The Hall–Kier alpha value is -2.08. The van der Waals surface area contributed by atoms with Crippen molar-refractivity contribution in [2.75, 3.05) is 26.2 Å². The van der Waals surface area contributed by atoms with Crippen LogP contribution in [0.15, 0.2) is 24.3 Å². The van der Waals surface area contributed by atoms with Crippen molar-refractivity contribution in [3.63, 3.8) is 0 Å². The number of hydrogen-bond donors (Lipinski definition) is 2. The van der Waals surface area contributed by atoms with Crippen LogP contribution in [-0.4, -0.2) is 48.6 Å². The summed E-state index contributed by atoms with van der Waals surface area (Å²) in [4.78, 5) is 28.0. The van der Waals surface area contributed by atoms with Crippen LogP contribution in [0.4, 0.5) is 0 Å². The SMILES string of the molecule is O=C1N[C@@]2(C[C@H]3CC[C@H]2C[C@@H]3C(=O)NCCN2CCCCC2)Oc2ccccc21. The predicted octanol–water partition coefficient (Wildman–Crippen LogP) is 2.54. The average molecular weight is 398 g/mol. The summed E-state index contributed by atoms with van der Waals surface area (Å²) in [7, 11) is 0. The van der Waals surface area contributed by atoms with Gasteiger partial charge in [-0.1, -0.05) is 18.6 Å². The predicted molar refractivity (Wildman–Crippen MR) is 110 cm³/mol. The fourth-order valence-electron chi connectivity index (χ4n) is 5.93. The molecule has 2 bridgehead atoms. The molecule has 5 aliphatic rings. The molecule has 3 aliphatic carbocycles. The molecular weight excluding hydrogens is 366 g/mol. The normalized spacial score (nSPS) is 33.7. The first-order valence-corrected chi connectivity index (χ1v) is 11.3. The van der Waals surface area contributed by atoms with Crippen LogP contribution in [0.3, 0.4) is 0 Å². The van der Waals surface area contributed by atoms with Gasteiger partial charge in [0.15, 0.2) is 5.72 Å². The number of piperidine rings is 1. The third kappa shape index (κ3) is 3.52. The van der Waals surface area contributed by atoms with E-state index in [1.165, 1.54) is 19.3 Å². The zero-order valence-corrected chi connectivity index (χ0v) is 17.0. The number of likely N-dealkylation sites (tertiary alicyclic amines) is 1. The number of fused-ring (bicyclic) bond motifs is 3. The minimum Gasteiger partial charge on any atom is -0.467 e. The van der Waals surface area contributed by atoms with E-state index in [1.54, 1.807) is 6.07 Å². The first-order chi connectivity index (χ1) is 14.1. The molecule has 29 heavy (non-hydrogen) atoms. The molecule has 0 unspecified atom stereocenters. The van der Waals surface area contributed by atoms with E-state index in [0.717, 1.165) is 51.9 Å². The third-order valence-corrected chi connectivity index (χ3v) is 7.48. The number of carbonyl (C=O) groups excluding carboxylic acids is 2. The standard InChI is InChI=1S/C23H31N3O3/c27-21(24-10-13-26-11-4-1-5-12-26)19-14-17-9-8-16(19)15-23(17)25-22(28)18-6-2-3-7-20(18)29-23/h2-3,6-7,16-17,19H,1,4-5,8-15H2,(H,24,27)(H,25,28)/t16-,17+,19+,23+/m1/s1. The van der Waals surface area contributed by atoms with Crippen molar-refractivity contribution in [3.8, 4) is 5.75 Å². The fraction of sp³-hybridized carbons (Fsp3) is 0.652. The highest BCUT2D eigenvalue weighted by molar-refractivity contribution is 5.98. The summed E-state index contributed by atoms with van der Waals surface area (Å²) in [5.41, 5.74) is -0.0366. The van der Waals surface area contributed by atoms with E-state index in [2.05, 4.69) is 15.5 Å². The number of carbonyl (C=O) groups is 2. The summed E-state index contributed by atoms with van der Waals surface area (Å²) in [6.45, 7) is 4.00. The van der Waals surface area contributed by atoms with Crippen LogP contribution in [-0.2, 0) is 4.79 Å². The Morgan fingerprint density at radius 2 is 2.03 bits per heavy atom. The van der Waals surface area contributed by atoms with Crippen LogP contribution in [0.25, 0.3) is 0 Å². The lowest BCUT2D eigenvalue weighted by Gasteiger charge is -2.55. The van der Waals surface area contributed by atoms with Crippen molar-refractivity contribution >= 4 is 11.8 Å². The molecule has 2 N–H and O–H groups in total. The highest BCUT2D eigenvalue weighted by Crippen LogP contribution is 2.52. The lowest BCUT2D eigenvalue weighted by atomic mass is 9.60. The Kier molecular flexibility index (Phi) is 4.98. The van der Waals surface area contributed by atoms with E-state index < -0.39 is 5.72 Å². The van der Waals surface area contributed by atoms with E-state index in [1.807, 2.05) is 18.2 Å². The second kappa shape index (κ2) is 7.63. The van der Waals surface area contributed by atoms with Gasteiger partial charge in [0, 0.05) is 31.3 Å². The molecule has 2 aliphatic heterocycles. The maximum absolute atomic E-state index is 12.9. The summed E-state index contributed by atoms with van der Waals surface area (Å²) < 4.78 is 6.38. The maximum atomic E-state index is 12.9. The average Bonchev–Trinajstić information content (AvgIpc) is 2.75. The van der Waals surface area contributed by atoms with E-state index in [0.29, 0.717) is 11.3 Å². The van der Waals surface area contributed by atoms with Gasteiger partial charge in [-0.05, 0) is 63.2 Å². The van der Waals surface area contributed by atoms with Crippen LogP contribution >= 0.6 is 0 Å². The van der Waals surface area contributed by atoms with Crippen LogP contribution in [0, 0.1) is 17.8 Å². The Bertz CT molecular complexity index is 791. The molecule has 0 aromatic heterocycles. The number of rotatable bonds is 4. The van der Waals surface area contributed by atoms with Gasteiger partial charge in [0.05, 0.1) is 5.56 Å². The summed E-state index contributed by atoms with van der Waals surface area (Å²) in [5.74, 6) is 1.30. The smallest absolute Gasteiger partial charge is 0.258 e. The number of nitrogens with one attached hydrogen (secondary N) is 2. The molecule has 1 aromatic rings. The number of nitrogens with zero attached hydrogens (tertiary/aromatic N) is 1. The quantitative estimate of drug-likeness (QED) is 0.819. The molecule has 6 nitrogen and oxygen atoms in total. The van der Waals surface area contributed by atoms with Crippen LogP contribution in [0.5, 0.6) is 5.75 Å². The number of ether oxygens (including phenoxy) is 1. The molecular formula is C23H31N3O3. The molecule has 6 rings (SSSR count). The van der Waals surface area contributed by atoms with Crippen LogP contribution in [0.1, 0.15) is 55.3 Å². The van der Waals surface area contributed by atoms with Crippen molar-refractivity contribution in [1.29, 1.82) is 0 Å². The van der Waals surface area contributed by atoms with Crippen molar-refractivity contribution in [3.05, 3.63) is 29.8 Å². The molecule has 6 heteroatoms. The molecule has 1 spiro atoms. The first kappa shape index (κ1) is 18.9. The molecule has 3 saturated carbocycles. The minimum absolute atomic E-state index is 0.0402.